The molecule has 3 aliphatic rings. The van der Waals surface area contributed by atoms with E-state index >= 15 is 0 Å². The van der Waals surface area contributed by atoms with Crippen LogP contribution in [0.1, 0.15) is 51.4 Å². The third kappa shape index (κ3) is 1.10. The highest BCUT2D eigenvalue weighted by molar-refractivity contribution is 5.04. The van der Waals surface area contributed by atoms with Crippen molar-refractivity contribution in [3.8, 4) is 0 Å². The quantitative estimate of drug-likeness (QED) is 0.629. The predicted molar refractivity (Wildman–Crippen MR) is 50.1 cm³/mol. The van der Waals surface area contributed by atoms with E-state index in [0.717, 1.165) is 12.0 Å². The van der Waals surface area contributed by atoms with Crippen molar-refractivity contribution in [2.45, 2.75) is 62.9 Å². The molecule has 0 aromatic carbocycles. The van der Waals surface area contributed by atoms with Gasteiger partial charge in [-0.05, 0) is 44.4 Å². The van der Waals surface area contributed by atoms with Gasteiger partial charge in [-0.15, -0.1) is 0 Å². The molecule has 2 aliphatic carbocycles. The summed E-state index contributed by atoms with van der Waals surface area (Å²) < 4.78 is 0. The van der Waals surface area contributed by atoms with Gasteiger partial charge in [0.25, 0.3) is 0 Å². The van der Waals surface area contributed by atoms with Crippen LogP contribution in [0.25, 0.3) is 0 Å². The highest BCUT2D eigenvalue weighted by Crippen LogP contribution is 2.44. The maximum Gasteiger partial charge on any atom is 0.0184 e. The molecule has 1 nitrogen and oxygen atoms in total. The minimum atomic E-state index is 0.632. The molecule has 1 atom stereocenters. The summed E-state index contributed by atoms with van der Waals surface area (Å²) in [6, 6.07) is 0.920. The van der Waals surface area contributed by atoms with E-state index in [1.54, 1.807) is 0 Å². The molecule has 3 fully saturated rings. The van der Waals surface area contributed by atoms with Crippen molar-refractivity contribution in [2.24, 2.45) is 5.92 Å². The molecule has 68 valence electrons. The summed E-state index contributed by atoms with van der Waals surface area (Å²) in [6.45, 7) is 0. The van der Waals surface area contributed by atoms with Gasteiger partial charge in [-0.3, -0.25) is 0 Å². The summed E-state index contributed by atoms with van der Waals surface area (Å²) in [4.78, 5) is 0. The van der Waals surface area contributed by atoms with Crippen LogP contribution in [0.5, 0.6) is 0 Å². The maximum atomic E-state index is 3.93. The highest BCUT2D eigenvalue weighted by atomic mass is 15.1. The lowest BCUT2D eigenvalue weighted by atomic mass is 9.96. The molecule has 1 N–H and O–H groups in total. The van der Waals surface area contributed by atoms with Gasteiger partial charge in [0, 0.05) is 11.6 Å². The average Bonchev–Trinajstić information content (AvgIpc) is 2.72. The standard InChI is InChI=1S/C11H19N/c1-2-7-11(6-1)8-5-10(12-11)9-3-4-9/h9-10,12H,1-8H2. The Hall–Kier alpha value is -0.0400. The van der Waals surface area contributed by atoms with Gasteiger partial charge in [-0.1, -0.05) is 12.8 Å². The van der Waals surface area contributed by atoms with E-state index < -0.39 is 0 Å². The first-order valence-electron chi connectivity index (χ1n) is 5.66. The Morgan fingerprint density at radius 1 is 0.917 bits per heavy atom. The Morgan fingerprint density at radius 2 is 1.67 bits per heavy atom. The van der Waals surface area contributed by atoms with Gasteiger partial charge in [-0.2, -0.15) is 0 Å². The van der Waals surface area contributed by atoms with E-state index in [4.69, 9.17) is 0 Å². The molecule has 0 bridgehead atoms. The Bertz CT molecular complexity index is 177. The second kappa shape index (κ2) is 2.47. The van der Waals surface area contributed by atoms with Gasteiger partial charge < -0.3 is 5.32 Å². The summed E-state index contributed by atoms with van der Waals surface area (Å²) in [7, 11) is 0. The highest BCUT2D eigenvalue weighted by Gasteiger charge is 2.44. The van der Waals surface area contributed by atoms with Crippen LogP contribution >= 0.6 is 0 Å². The molecule has 0 aromatic heterocycles. The van der Waals surface area contributed by atoms with E-state index in [9.17, 15) is 0 Å². The zero-order valence-corrected chi connectivity index (χ0v) is 7.81. The Kier molecular flexibility index (Phi) is 1.52. The average molecular weight is 165 g/mol. The van der Waals surface area contributed by atoms with E-state index in [1.807, 2.05) is 0 Å². The van der Waals surface area contributed by atoms with Crippen molar-refractivity contribution in [3.05, 3.63) is 0 Å². The van der Waals surface area contributed by atoms with Crippen molar-refractivity contribution in [1.29, 1.82) is 0 Å². The molecule has 12 heavy (non-hydrogen) atoms. The van der Waals surface area contributed by atoms with Crippen LogP contribution in [0.4, 0.5) is 0 Å². The molecule has 0 amide bonds. The normalized spacial score (nSPS) is 39.5. The Morgan fingerprint density at radius 3 is 2.33 bits per heavy atom. The van der Waals surface area contributed by atoms with Crippen LogP contribution in [0.15, 0.2) is 0 Å². The molecule has 1 spiro atoms. The Balaban J connectivity index is 1.68. The van der Waals surface area contributed by atoms with Crippen molar-refractivity contribution in [1.82, 2.24) is 5.32 Å². The fourth-order valence-electron chi connectivity index (χ4n) is 3.27. The van der Waals surface area contributed by atoms with Crippen LogP contribution in [-0.2, 0) is 0 Å². The van der Waals surface area contributed by atoms with Crippen LogP contribution in [0.3, 0.4) is 0 Å². The number of hydrogen-bond acceptors (Lipinski definition) is 1. The fraction of sp³-hybridized carbons (Fsp3) is 1.00. The molecule has 3 rings (SSSR count). The van der Waals surface area contributed by atoms with Gasteiger partial charge in [-0.25, -0.2) is 0 Å². The summed E-state index contributed by atoms with van der Waals surface area (Å²) in [6.07, 6.45) is 11.9. The van der Waals surface area contributed by atoms with Gasteiger partial charge in [0.15, 0.2) is 0 Å². The molecule has 1 unspecified atom stereocenters. The smallest absolute Gasteiger partial charge is 0.0184 e. The zero-order valence-electron chi connectivity index (χ0n) is 7.81. The second-order valence-electron chi connectivity index (χ2n) is 5.11. The SMILES string of the molecule is C1CCC2(C1)CCC(C1CC1)N2. The monoisotopic (exact) mass is 165 g/mol. The summed E-state index contributed by atoms with van der Waals surface area (Å²) in [5.74, 6) is 1.07. The van der Waals surface area contributed by atoms with E-state index in [1.165, 1.54) is 51.4 Å². The van der Waals surface area contributed by atoms with E-state index in [-0.39, 0.29) is 0 Å². The van der Waals surface area contributed by atoms with Crippen LogP contribution in [-0.4, -0.2) is 11.6 Å². The van der Waals surface area contributed by atoms with Gasteiger partial charge in [0.2, 0.25) is 0 Å². The summed E-state index contributed by atoms with van der Waals surface area (Å²) in [5, 5.41) is 3.93. The van der Waals surface area contributed by atoms with Crippen molar-refractivity contribution in [2.75, 3.05) is 0 Å². The van der Waals surface area contributed by atoms with Crippen molar-refractivity contribution >= 4 is 0 Å². The lowest BCUT2D eigenvalue weighted by Crippen LogP contribution is -2.41. The molecule has 2 saturated carbocycles. The minimum Gasteiger partial charge on any atom is -0.308 e. The third-order valence-corrected chi connectivity index (χ3v) is 4.18. The second-order valence-corrected chi connectivity index (χ2v) is 5.11. The first-order chi connectivity index (χ1) is 5.88. The molecular formula is C11H19N. The largest absolute Gasteiger partial charge is 0.308 e. The minimum absolute atomic E-state index is 0.632. The predicted octanol–water partition coefficient (Wildman–Crippen LogP) is 2.46. The van der Waals surface area contributed by atoms with Gasteiger partial charge in [0.1, 0.15) is 0 Å². The lowest BCUT2D eigenvalue weighted by Gasteiger charge is -2.24. The molecule has 1 heterocycles. The summed E-state index contributed by atoms with van der Waals surface area (Å²) >= 11 is 0. The van der Waals surface area contributed by atoms with Crippen LogP contribution in [0, 0.1) is 5.92 Å². The maximum absolute atomic E-state index is 3.93. The molecule has 1 heteroatoms. The van der Waals surface area contributed by atoms with Gasteiger partial charge >= 0.3 is 0 Å². The van der Waals surface area contributed by atoms with Crippen LogP contribution in [0.2, 0.25) is 0 Å². The van der Waals surface area contributed by atoms with Crippen molar-refractivity contribution in [3.63, 3.8) is 0 Å². The van der Waals surface area contributed by atoms with E-state index in [2.05, 4.69) is 5.32 Å². The summed E-state index contributed by atoms with van der Waals surface area (Å²) in [5.41, 5.74) is 0.632. The molecule has 1 saturated heterocycles. The Labute approximate surface area is 74.9 Å². The first-order valence-corrected chi connectivity index (χ1v) is 5.66. The molecule has 0 radical (unpaired) electrons. The lowest BCUT2D eigenvalue weighted by molar-refractivity contribution is 0.356. The molecule has 1 aliphatic heterocycles. The van der Waals surface area contributed by atoms with Crippen LogP contribution < -0.4 is 5.32 Å². The number of nitrogens with one attached hydrogen (secondary N) is 1. The van der Waals surface area contributed by atoms with Crippen molar-refractivity contribution < 1.29 is 0 Å². The van der Waals surface area contributed by atoms with E-state index in [0.29, 0.717) is 5.54 Å². The topological polar surface area (TPSA) is 12.0 Å². The molecular weight excluding hydrogens is 146 g/mol. The van der Waals surface area contributed by atoms with Gasteiger partial charge in [0.05, 0.1) is 0 Å². The third-order valence-electron chi connectivity index (χ3n) is 4.18. The fourth-order valence-corrected chi connectivity index (χ4v) is 3.27. The first kappa shape index (κ1) is 7.37. The number of rotatable bonds is 1. The number of hydrogen-bond donors (Lipinski definition) is 1. The molecule has 0 aromatic rings. The zero-order chi connectivity index (χ0) is 8.02.